The number of benzene rings is 3. The molecule has 0 saturated carbocycles. The zero-order valence-electron chi connectivity index (χ0n) is 19.2. The summed E-state index contributed by atoms with van der Waals surface area (Å²) in [6.45, 7) is 4.16. The van der Waals surface area contributed by atoms with E-state index in [2.05, 4.69) is 23.5 Å². The number of nitrogens with one attached hydrogen (secondary N) is 1. The number of sulfonamides is 1. The lowest BCUT2D eigenvalue weighted by atomic mass is 10.1. The zero-order valence-corrected chi connectivity index (χ0v) is 20.9. The molecule has 0 aliphatic carbocycles. The van der Waals surface area contributed by atoms with E-state index in [1.54, 1.807) is 17.8 Å². The summed E-state index contributed by atoms with van der Waals surface area (Å²) in [6, 6.07) is 23.7. The average molecular weight is 483 g/mol. The highest BCUT2D eigenvalue weighted by atomic mass is 32.2. The molecule has 5 nitrogen and oxygen atoms in total. The molecule has 3 aromatic rings. The molecule has 0 fully saturated rings. The summed E-state index contributed by atoms with van der Waals surface area (Å²) in [5.74, 6) is 0.738. The van der Waals surface area contributed by atoms with Crippen molar-refractivity contribution in [3.05, 3.63) is 89.5 Å². The van der Waals surface area contributed by atoms with E-state index in [0.29, 0.717) is 12.1 Å². The van der Waals surface area contributed by atoms with Crippen molar-refractivity contribution in [2.75, 3.05) is 22.4 Å². The van der Waals surface area contributed by atoms with Gasteiger partial charge in [0.25, 0.3) is 0 Å². The smallest absolute Gasteiger partial charge is 0.232 e. The summed E-state index contributed by atoms with van der Waals surface area (Å²) in [7, 11) is -3.43. The minimum absolute atomic E-state index is 0.123. The molecule has 0 atom stereocenters. The minimum Gasteiger partial charge on any atom is -0.326 e. The maximum absolute atomic E-state index is 12.5. The fourth-order valence-corrected chi connectivity index (χ4v) is 5.32. The van der Waals surface area contributed by atoms with Crippen molar-refractivity contribution >= 4 is 39.1 Å². The van der Waals surface area contributed by atoms with Crippen LogP contribution in [0.3, 0.4) is 0 Å². The fourth-order valence-electron chi connectivity index (χ4n) is 3.50. The molecule has 1 N–H and O–H groups in total. The van der Waals surface area contributed by atoms with Gasteiger partial charge in [0, 0.05) is 29.3 Å². The summed E-state index contributed by atoms with van der Waals surface area (Å²) < 4.78 is 25.9. The van der Waals surface area contributed by atoms with Gasteiger partial charge in [-0.15, -0.1) is 11.8 Å². The summed E-state index contributed by atoms with van der Waals surface area (Å²) >= 11 is 1.78. The highest BCUT2D eigenvalue weighted by Crippen LogP contribution is 2.25. The number of aryl methyl sites for hydroxylation is 2. The van der Waals surface area contributed by atoms with Crippen molar-refractivity contribution < 1.29 is 13.2 Å². The molecule has 0 aliphatic rings. The maximum Gasteiger partial charge on any atom is 0.232 e. The number of anilines is 2. The van der Waals surface area contributed by atoms with Gasteiger partial charge in [-0.3, -0.25) is 9.10 Å². The molecule has 7 heteroatoms. The molecule has 3 aromatic carbocycles. The molecule has 0 bridgehead atoms. The van der Waals surface area contributed by atoms with Crippen LogP contribution in [0.1, 0.15) is 29.5 Å². The van der Waals surface area contributed by atoms with E-state index in [4.69, 9.17) is 0 Å². The number of nitrogens with zero attached hydrogens (tertiary/aromatic N) is 1. The zero-order chi connectivity index (χ0) is 23.8. The SMILES string of the molecule is Cc1cccc(N(CCCC(=O)Nc2ccc(CSc3ccccc3)cc2C)S(C)(=O)=O)c1. The number of hydrogen-bond acceptors (Lipinski definition) is 4. The van der Waals surface area contributed by atoms with Crippen LogP contribution in [-0.2, 0) is 20.6 Å². The Kier molecular flexibility index (Phi) is 8.58. The first-order valence-corrected chi connectivity index (χ1v) is 13.7. The molecule has 3 rings (SSSR count). The minimum atomic E-state index is -3.43. The lowest BCUT2D eigenvalue weighted by Gasteiger charge is -2.22. The first kappa shape index (κ1) is 24.9. The molecular formula is C26H30N2O3S2. The molecule has 0 aromatic heterocycles. The predicted molar refractivity (Wildman–Crippen MR) is 138 cm³/mol. The van der Waals surface area contributed by atoms with Crippen molar-refractivity contribution in [1.82, 2.24) is 0 Å². The molecule has 0 aliphatic heterocycles. The third kappa shape index (κ3) is 7.65. The van der Waals surface area contributed by atoms with Crippen LogP contribution in [0.15, 0.2) is 77.7 Å². The van der Waals surface area contributed by atoms with Crippen LogP contribution < -0.4 is 9.62 Å². The van der Waals surface area contributed by atoms with Gasteiger partial charge in [0.1, 0.15) is 0 Å². The van der Waals surface area contributed by atoms with Crippen molar-refractivity contribution in [2.45, 2.75) is 37.3 Å². The molecule has 1 amide bonds. The summed E-state index contributed by atoms with van der Waals surface area (Å²) in [6.07, 6.45) is 1.86. The molecule has 174 valence electrons. The summed E-state index contributed by atoms with van der Waals surface area (Å²) in [4.78, 5) is 13.7. The van der Waals surface area contributed by atoms with E-state index < -0.39 is 10.0 Å². The van der Waals surface area contributed by atoms with Crippen LogP contribution in [0.5, 0.6) is 0 Å². The molecule has 33 heavy (non-hydrogen) atoms. The van der Waals surface area contributed by atoms with Crippen LogP contribution in [0.2, 0.25) is 0 Å². The van der Waals surface area contributed by atoms with Gasteiger partial charge in [-0.25, -0.2) is 8.42 Å². The second-order valence-electron chi connectivity index (χ2n) is 8.08. The Morgan fingerprint density at radius 3 is 2.39 bits per heavy atom. The standard InChI is InChI=1S/C26H30N2O3S2/c1-20-9-7-10-23(17-20)28(33(3,30)31)16-8-13-26(29)27-25-15-14-22(18-21(25)2)19-32-24-11-5-4-6-12-24/h4-7,9-12,14-15,17-18H,8,13,16,19H2,1-3H3,(H,27,29). The Morgan fingerprint density at radius 1 is 0.970 bits per heavy atom. The van der Waals surface area contributed by atoms with Gasteiger partial charge in [-0.2, -0.15) is 0 Å². The number of carbonyl (C=O) groups excluding carboxylic acids is 1. The van der Waals surface area contributed by atoms with Gasteiger partial charge in [-0.1, -0.05) is 42.5 Å². The van der Waals surface area contributed by atoms with E-state index in [1.165, 1.54) is 21.0 Å². The molecule has 0 saturated heterocycles. The monoisotopic (exact) mass is 482 g/mol. The van der Waals surface area contributed by atoms with Gasteiger partial charge in [-0.05, 0) is 67.3 Å². The third-order valence-corrected chi connectivity index (χ3v) is 7.45. The predicted octanol–water partition coefficient (Wildman–Crippen LogP) is 5.78. The second-order valence-corrected chi connectivity index (χ2v) is 11.0. The Hall–Kier alpha value is -2.77. The van der Waals surface area contributed by atoms with Crippen LogP contribution >= 0.6 is 11.8 Å². The van der Waals surface area contributed by atoms with Gasteiger partial charge < -0.3 is 5.32 Å². The van der Waals surface area contributed by atoms with Gasteiger partial charge in [0.05, 0.1) is 11.9 Å². The average Bonchev–Trinajstić information content (AvgIpc) is 2.77. The molecule has 0 heterocycles. The van der Waals surface area contributed by atoms with Crippen LogP contribution in [0, 0.1) is 13.8 Å². The molecule has 0 spiro atoms. The summed E-state index contributed by atoms with van der Waals surface area (Å²) in [5, 5.41) is 2.96. The highest BCUT2D eigenvalue weighted by molar-refractivity contribution is 7.98. The van der Waals surface area contributed by atoms with E-state index >= 15 is 0 Å². The van der Waals surface area contributed by atoms with E-state index in [9.17, 15) is 13.2 Å². The molecule has 0 unspecified atom stereocenters. The maximum atomic E-state index is 12.5. The number of rotatable bonds is 10. The van der Waals surface area contributed by atoms with E-state index in [0.717, 1.165) is 22.6 Å². The van der Waals surface area contributed by atoms with Gasteiger partial charge in [0.15, 0.2) is 0 Å². The first-order valence-electron chi connectivity index (χ1n) is 10.8. The largest absolute Gasteiger partial charge is 0.326 e. The number of hydrogen-bond donors (Lipinski definition) is 1. The number of carbonyl (C=O) groups is 1. The quantitative estimate of drug-likeness (QED) is 0.372. The first-order chi connectivity index (χ1) is 15.7. The summed E-state index contributed by atoms with van der Waals surface area (Å²) in [5.41, 5.74) is 4.60. The number of thioether (sulfide) groups is 1. The lowest BCUT2D eigenvalue weighted by molar-refractivity contribution is -0.116. The van der Waals surface area contributed by atoms with Crippen molar-refractivity contribution in [1.29, 1.82) is 0 Å². The van der Waals surface area contributed by atoms with Crippen LogP contribution in [-0.4, -0.2) is 27.1 Å². The Bertz CT molecular complexity index is 1200. The van der Waals surface area contributed by atoms with Crippen molar-refractivity contribution in [2.24, 2.45) is 0 Å². The lowest BCUT2D eigenvalue weighted by Crippen LogP contribution is -2.31. The van der Waals surface area contributed by atoms with E-state index in [-0.39, 0.29) is 18.9 Å². The normalized spacial score (nSPS) is 11.2. The fraction of sp³-hybridized carbons (Fsp3) is 0.269. The highest BCUT2D eigenvalue weighted by Gasteiger charge is 2.18. The molecular weight excluding hydrogens is 452 g/mol. The Labute approximate surface area is 201 Å². The molecule has 0 radical (unpaired) electrons. The van der Waals surface area contributed by atoms with Crippen LogP contribution in [0.25, 0.3) is 0 Å². The van der Waals surface area contributed by atoms with Crippen molar-refractivity contribution in [3.63, 3.8) is 0 Å². The van der Waals surface area contributed by atoms with Crippen LogP contribution in [0.4, 0.5) is 11.4 Å². The Balaban J connectivity index is 1.53. The topological polar surface area (TPSA) is 66.5 Å². The Morgan fingerprint density at radius 2 is 1.73 bits per heavy atom. The van der Waals surface area contributed by atoms with Gasteiger partial charge in [0.2, 0.25) is 15.9 Å². The van der Waals surface area contributed by atoms with E-state index in [1.807, 2.05) is 62.4 Å². The number of amides is 1. The van der Waals surface area contributed by atoms with Crippen molar-refractivity contribution in [3.8, 4) is 0 Å². The van der Waals surface area contributed by atoms with Gasteiger partial charge >= 0.3 is 0 Å². The third-order valence-electron chi connectivity index (χ3n) is 5.17. The second kappa shape index (κ2) is 11.4.